The van der Waals surface area contributed by atoms with Crippen LogP contribution in [-0.2, 0) is 0 Å². The largest absolute Gasteiger partial charge is 1.00 e. The third kappa shape index (κ3) is 13.2. The first kappa shape index (κ1) is 49.3. The number of alkyl halides is 1. The second-order valence-corrected chi connectivity index (χ2v) is 19.5. The van der Waals surface area contributed by atoms with Crippen LogP contribution in [0.2, 0.25) is 0 Å². The fourth-order valence-corrected chi connectivity index (χ4v) is 15.9. The predicted molar refractivity (Wildman–Crippen MR) is 227 cm³/mol. The van der Waals surface area contributed by atoms with Gasteiger partial charge in [0, 0.05) is 16.8 Å². The Hall–Kier alpha value is -2.76. The number of hydrogen-bond donors (Lipinski definition) is 0. The summed E-state index contributed by atoms with van der Waals surface area (Å²) in [4.78, 5) is 4.41. The van der Waals surface area contributed by atoms with Gasteiger partial charge in [0.25, 0.3) is 0 Å². The van der Waals surface area contributed by atoms with Crippen molar-refractivity contribution in [2.24, 2.45) is 5.11 Å². The maximum absolute atomic E-state index is 8.61. The van der Waals surface area contributed by atoms with E-state index in [1.807, 2.05) is 0 Å². The zero-order chi connectivity index (χ0) is 36.0. The average molecular weight is 955 g/mol. The standard InChI is InChI=1S/C21H21BrP.C21H21N3P.2BrH.N3.Na/c22-17-10-18-23(19-11-4-1-5-12-19,20-13-6-2-7-14-20)21-15-8-3-9-16-21;22-24-23-17-10-18-25(19-11-4-1-5-12-19,20-13-6-2-7-14-20)21-15-8-3-9-16-21;;;1-3-2;/h1-9,11-16H,10,17-18H2;1-9,11-16H,10,17-18H2;2*1H;;/q2*+1;;;-1;+1/p-2. The Bertz CT molecular complexity index is 1750. The van der Waals surface area contributed by atoms with Crippen LogP contribution in [0.3, 0.4) is 0 Å². The zero-order valence-corrected chi connectivity index (χ0v) is 38.8. The number of halogens is 3. The van der Waals surface area contributed by atoms with Gasteiger partial charge >= 0.3 is 29.6 Å². The third-order valence-corrected chi connectivity index (χ3v) is 18.2. The number of nitrogens with zero attached hydrogens (tertiary/aromatic N) is 6. The van der Waals surface area contributed by atoms with E-state index >= 15 is 0 Å². The summed E-state index contributed by atoms with van der Waals surface area (Å²) >= 11 is 3.64. The minimum Gasteiger partial charge on any atom is -1.00 e. The first-order valence-electron chi connectivity index (χ1n) is 16.8. The molecule has 0 radical (unpaired) electrons. The Kier molecular flexibility index (Phi) is 25.3. The molecule has 0 N–H and O–H groups in total. The molecule has 12 heteroatoms. The minimum absolute atomic E-state index is 0. The molecule has 0 atom stereocenters. The van der Waals surface area contributed by atoms with Gasteiger partial charge in [0.15, 0.2) is 0 Å². The second-order valence-electron chi connectivity index (χ2n) is 11.5. The van der Waals surface area contributed by atoms with Crippen molar-refractivity contribution < 1.29 is 63.5 Å². The molecule has 6 aromatic rings. The van der Waals surface area contributed by atoms with E-state index in [-0.39, 0.29) is 63.5 Å². The topological polar surface area (TPSA) is 107 Å². The minimum atomic E-state index is -1.78. The molecular formula is C42H42Br3N6NaP2. The van der Waals surface area contributed by atoms with Crippen LogP contribution < -0.4 is 95.3 Å². The van der Waals surface area contributed by atoms with Gasteiger partial charge in [-0.1, -0.05) is 130 Å². The van der Waals surface area contributed by atoms with Crippen LogP contribution in [0.15, 0.2) is 187 Å². The van der Waals surface area contributed by atoms with Crippen LogP contribution in [0.25, 0.3) is 26.4 Å². The number of benzene rings is 6. The molecule has 0 saturated heterocycles. The molecule has 54 heavy (non-hydrogen) atoms. The summed E-state index contributed by atoms with van der Waals surface area (Å²) in [5.41, 5.74) is 22.1. The third-order valence-electron chi connectivity index (χ3n) is 8.62. The average Bonchev–Trinajstić information content (AvgIpc) is 3.21. The molecule has 0 aliphatic heterocycles. The Labute approximate surface area is 372 Å². The molecule has 0 bridgehead atoms. The van der Waals surface area contributed by atoms with Crippen molar-refractivity contribution in [2.45, 2.75) is 12.8 Å². The molecule has 0 aliphatic rings. The van der Waals surface area contributed by atoms with E-state index in [9.17, 15) is 0 Å². The molecule has 6 nitrogen and oxygen atoms in total. The molecule has 272 valence electrons. The van der Waals surface area contributed by atoms with Gasteiger partial charge in [-0.3, -0.25) is 4.91 Å². The van der Waals surface area contributed by atoms with E-state index < -0.39 is 14.5 Å². The van der Waals surface area contributed by atoms with E-state index in [1.54, 1.807) is 0 Å². The van der Waals surface area contributed by atoms with E-state index in [0.29, 0.717) is 6.54 Å². The molecule has 0 saturated carbocycles. The zero-order valence-electron chi connectivity index (χ0n) is 30.3. The molecule has 0 amide bonds. The monoisotopic (exact) mass is 952 g/mol. The summed E-state index contributed by atoms with van der Waals surface area (Å²) in [6, 6.07) is 65.5. The van der Waals surface area contributed by atoms with Gasteiger partial charge < -0.3 is 45.0 Å². The molecule has 0 aliphatic carbocycles. The van der Waals surface area contributed by atoms with Gasteiger partial charge in [0.2, 0.25) is 0 Å². The molecule has 0 fully saturated rings. The summed E-state index contributed by atoms with van der Waals surface area (Å²) in [5, 5.41) is 13.3. The van der Waals surface area contributed by atoms with Crippen molar-refractivity contribution in [3.8, 4) is 0 Å². The Balaban J connectivity index is 0.000000480. The fraction of sp³-hybridized carbons (Fsp3) is 0.143. The second kappa shape index (κ2) is 27.8. The molecule has 0 aromatic heterocycles. The maximum Gasteiger partial charge on any atom is 1.00 e. The Morgan fingerprint density at radius 3 is 0.852 bits per heavy atom. The van der Waals surface area contributed by atoms with Crippen LogP contribution in [0, 0.1) is 0 Å². The van der Waals surface area contributed by atoms with Crippen molar-refractivity contribution in [3.63, 3.8) is 0 Å². The molecule has 6 aromatic carbocycles. The molecule has 6 rings (SSSR count). The quantitative estimate of drug-likeness (QED) is 0.0318. The van der Waals surface area contributed by atoms with E-state index in [4.69, 9.17) is 16.6 Å². The van der Waals surface area contributed by atoms with Crippen LogP contribution >= 0.6 is 30.5 Å². The van der Waals surface area contributed by atoms with Crippen molar-refractivity contribution >= 4 is 62.3 Å². The first-order valence-corrected chi connectivity index (χ1v) is 21.9. The predicted octanol–water partition coefficient (Wildman–Crippen LogP) is 1.32. The van der Waals surface area contributed by atoms with E-state index in [2.05, 4.69) is 208 Å². The van der Waals surface area contributed by atoms with Crippen molar-refractivity contribution in [2.75, 3.05) is 24.2 Å². The summed E-state index contributed by atoms with van der Waals surface area (Å²) in [7, 11) is -3.38. The first-order chi connectivity index (χ1) is 25.2. The number of azide groups is 1. The summed E-state index contributed by atoms with van der Waals surface area (Å²) < 4.78 is 0. The summed E-state index contributed by atoms with van der Waals surface area (Å²) in [6.07, 6.45) is 4.23. The smallest absolute Gasteiger partial charge is 1.00 e. The van der Waals surface area contributed by atoms with Gasteiger partial charge in [-0.25, -0.2) is 0 Å². The van der Waals surface area contributed by atoms with Crippen molar-refractivity contribution in [3.05, 3.63) is 208 Å². The van der Waals surface area contributed by atoms with E-state index in [0.717, 1.165) is 17.9 Å². The number of hydrogen-bond acceptors (Lipinski definition) is 1. The number of rotatable bonds is 13. The Morgan fingerprint density at radius 1 is 0.426 bits per heavy atom. The van der Waals surface area contributed by atoms with Gasteiger partial charge in [-0.15, -0.1) is 0 Å². The van der Waals surface area contributed by atoms with Gasteiger partial charge in [0.1, 0.15) is 46.4 Å². The van der Waals surface area contributed by atoms with Crippen LogP contribution in [0.1, 0.15) is 12.8 Å². The SMILES string of the molecule is BrCCC[P+](c1ccccc1)(c1ccccc1)c1ccccc1.[Br-].[Br-].[N-]=[N+]=NCCC[P+](c1ccccc1)(c1ccccc1)c1ccccc1.[N-]=[N+]=[N-].[Na+]. The van der Waals surface area contributed by atoms with Crippen LogP contribution in [0.5, 0.6) is 0 Å². The summed E-state index contributed by atoms with van der Waals surface area (Å²) in [5.74, 6) is 0. The molecular weight excluding hydrogens is 913 g/mol. The van der Waals surface area contributed by atoms with Crippen molar-refractivity contribution in [1.29, 1.82) is 0 Å². The Morgan fingerprint density at radius 2 is 0.648 bits per heavy atom. The van der Waals surface area contributed by atoms with Gasteiger partial charge in [-0.05, 0) is 91.2 Å². The fourth-order valence-electron chi connectivity index (χ4n) is 6.48. The van der Waals surface area contributed by atoms with E-state index in [1.165, 1.54) is 49.3 Å². The van der Waals surface area contributed by atoms with Crippen molar-refractivity contribution in [1.82, 2.24) is 0 Å². The van der Waals surface area contributed by atoms with Gasteiger partial charge in [0.05, 0.1) is 12.3 Å². The molecule has 0 spiro atoms. The van der Waals surface area contributed by atoms with Gasteiger partial charge in [-0.2, -0.15) is 0 Å². The normalized spacial score (nSPS) is 10.0. The molecule has 0 heterocycles. The van der Waals surface area contributed by atoms with Crippen LogP contribution in [0.4, 0.5) is 0 Å². The summed E-state index contributed by atoms with van der Waals surface area (Å²) in [6.45, 7) is 0.532. The van der Waals surface area contributed by atoms with Crippen LogP contribution in [-0.4, -0.2) is 24.2 Å². The maximum atomic E-state index is 8.61. The molecule has 0 unspecified atom stereocenters.